The molecule has 1 aliphatic rings. The van der Waals surface area contributed by atoms with E-state index in [1.807, 2.05) is 0 Å². The van der Waals surface area contributed by atoms with Crippen LogP contribution in [0.3, 0.4) is 0 Å². The first kappa shape index (κ1) is 19.5. The summed E-state index contributed by atoms with van der Waals surface area (Å²) in [6.07, 6.45) is 0.777. The number of alkyl halides is 3. The Morgan fingerprint density at radius 1 is 1.09 bits per heavy atom. The summed E-state index contributed by atoms with van der Waals surface area (Å²) in [7, 11) is 0. The van der Waals surface area contributed by atoms with Crippen LogP contribution in [0.1, 0.15) is 28.7 Å². The van der Waals surface area contributed by atoms with E-state index in [9.17, 15) is 13.2 Å². The van der Waals surface area contributed by atoms with Crippen molar-refractivity contribution in [2.45, 2.75) is 18.6 Å². The predicted molar refractivity (Wildman–Crippen MR) is 109 cm³/mol. The molecule has 0 amide bonds. The number of hydrogen-bond donors (Lipinski definition) is 1. The van der Waals surface area contributed by atoms with E-state index >= 15 is 0 Å². The summed E-state index contributed by atoms with van der Waals surface area (Å²) in [5.41, 5.74) is 1.64. The maximum Gasteiger partial charge on any atom is 0.418 e. The molecular formula is C21H15F3N8O. The number of aromatic nitrogens is 7. The lowest BCUT2D eigenvalue weighted by Crippen LogP contribution is -2.36. The van der Waals surface area contributed by atoms with Gasteiger partial charge in [0.15, 0.2) is 0 Å². The minimum absolute atomic E-state index is 0.0395. The molecule has 166 valence electrons. The maximum absolute atomic E-state index is 13.6. The van der Waals surface area contributed by atoms with Gasteiger partial charge in [-0.25, -0.2) is 9.50 Å². The fraction of sp³-hybridized carbons (Fsp3) is 0.190. The van der Waals surface area contributed by atoms with Crippen LogP contribution in [-0.4, -0.2) is 41.3 Å². The van der Waals surface area contributed by atoms with Crippen molar-refractivity contribution >= 4 is 11.5 Å². The van der Waals surface area contributed by atoms with Crippen molar-refractivity contribution in [3.63, 3.8) is 0 Å². The zero-order valence-electron chi connectivity index (χ0n) is 16.9. The number of nitrogens with zero attached hydrogens (tertiary/aromatic N) is 7. The first-order chi connectivity index (χ1) is 16.0. The van der Waals surface area contributed by atoms with E-state index in [1.165, 1.54) is 22.8 Å². The summed E-state index contributed by atoms with van der Waals surface area (Å²) in [6, 6.07) is 8.72. The summed E-state index contributed by atoms with van der Waals surface area (Å²) in [5.74, 6) is 0.242. The molecule has 5 aromatic heterocycles. The average molecular weight is 452 g/mol. The van der Waals surface area contributed by atoms with Gasteiger partial charge in [-0.2, -0.15) is 18.3 Å². The van der Waals surface area contributed by atoms with Gasteiger partial charge in [0.1, 0.15) is 11.7 Å². The number of halogens is 3. The normalized spacial score (nSPS) is 16.3. The number of anilines is 1. The molecule has 6 rings (SSSR count). The number of pyridine rings is 2. The van der Waals surface area contributed by atoms with Crippen LogP contribution >= 0.6 is 0 Å². The maximum atomic E-state index is 13.6. The van der Waals surface area contributed by atoms with Crippen molar-refractivity contribution in [3.05, 3.63) is 77.8 Å². The van der Waals surface area contributed by atoms with Gasteiger partial charge < -0.3 is 14.3 Å². The lowest BCUT2D eigenvalue weighted by Gasteiger charge is -2.32. The van der Waals surface area contributed by atoms with Gasteiger partial charge in [0, 0.05) is 31.1 Å². The summed E-state index contributed by atoms with van der Waals surface area (Å²) < 4.78 is 47.8. The van der Waals surface area contributed by atoms with Crippen LogP contribution in [0.15, 0.2) is 59.5 Å². The van der Waals surface area contributed by atoms with Crippen LogP contribution in [0.2, 0.25) is 0 Å². The number of nitrogens with one attached hydrogen (secondary N) is 1. The zero-order valence-corrected chi connectivity index (χ0v) is 16.9. The first-order valence-electron chi connectivity index (χ1n) is 10.1. The summed E-state index contributed by atoms with van der Waals surface area (Å²) >= 11 is 0. The van der Waals surface area contributed by atoms with Crippen LogP contribution in [-0.2, 0) is 12.6 Å². The van der Waals surface area contributed by atoms with Crippen molar-refractivity contribution in [2.24, 2.45) is 0 Å². The molecule has 5 aromatic rings. The highest BCUT2D eigenvalue weighted by Gasteiger charge is 2.38. The zero-order chi connectivity index (χ0) is 22.6. The molecule has 12 heteroatoms. The molecule has 0 aromatic carbocycles. The topological polar surface area (TPSA) is 101 Å². The lowest BCUT2D eigenvalue weighted by atomic mass is 10.00. The number of imidazole rings is 1. The Balaban J connectivity index is 1.47. The third-order valence-corrected chi connectivity index (χ3v) is 5.58. The van der Waals surface area contributed by atoms with Crippen molar-refractivity contribution < 1.29 is 17.6 Å². The Morgan fingerprint density at radius 3 is 2.82 bits per heavy atom. The quantitative estimate of drug-likeness (QED) is 0.446. The van der Waals surface area contributed by atoms with Gasteiger partial charge in [0.05, 0.1) is 28.8 Å². The summed E-state index contributed by atoms with van der Waals surface area (Å²) in [5, 5.41) is 12.7. The highest BCUT2D eigenvalue weighted by molar-refractivity contribution is 5.59. The molecule has 0 bridgehead atoms. The van der Waals surface area contributed by atoms with Gasteiger partial charge in [0.2, 0.25) is 0 Å². The highest BCUT2D eigenvalue weighted by atomic mass is 19.4. The van der Waals surface area contributed by atoms with Gasteiger partial charge in [0.25, 0.3) is 5.89 Å². The molecule has 1 atom stereocenters. The first-order valence-corrected chi connectivity index (χ1v) is 10.1. The minimum Gasteiger partial charge on any atom is -0.402 e. The predicted octanol–water partition coefficient (Wildman–Crippen LogP) is 3.67. The van der Waals surface area contributed by atoms with Crippen molar-refractivity contribution in [1.82, 2.24) is 34.8 Å². The number of hydrogen-bond acceptors (Lipinski definition) is 7. The van der Waals surface area contributed by atoms with Crippen LogP contribution in [0.5, 0.6) is 0 Å². The molecule has 33 heavy (non-hydrogen) atoms. The molecule has 0 radical (unpaired) electrons. The van der Waals surface area contributed by atoms with Gasteiger partial charge >= 0.3 is 12.2 Å². The fourth-order valence-electron chi connectivity index (χ4n) is 4.11. The Labute approximate surface area is 183 Å². The number of rotatable bonds is 3. The van der Waals surface area contributed by atoms with Gasteiger partial charge in [-0.1, -0.05) is 11.2 Å². The van der Waals surface area contributed by atoms with Gasteiger partial charge in [-0.05, 0) is 30.3 Å². The largest absolute Gasteiger partial charge is 0.418 e. The molecular weight excluding hydrogens is 437 g/mol. The Kier molecular flexibility index (Phi) is 4.22. The van der Waals surface area contributed by atoms with Crippen LogP contribution < -0.4 is 4.90 Å². The molecule has 1 aliphatic heterocycles. The fourth-order valence-corrected chi connectivity index (χ4v) is 4.11. The lowest BCUT2D eigenvalue weighted by molar-refractivity contribution is -0.136. The summed E-state index contributed by atoms with van der Waals surface area (Å²) in [4.78, 5) is 13.5. The molecule has 0 saturated heterocycles. The molecule has 6 heterocycles. The molecule has 1 N–H and O–H groups in total. The van der Waals surface area contributed by atoms with E-state index in [1.54, 1.807) is 35.6 Å². The molecule has 0 saturated carbocycles. The SMILES string of the molecule is FC(F)(F)c1cccn2nc(C3c4nc[nH]c4CCN3c3nnc(-c4ccccn4)o3)cc12. The van der Waals surface area contributed by atoms with E-state index in [-0.39, 0.29) is 17.4 Å². The number of fused-ring (bicyclic) bond motifs is 2. The smallest absolute Gasteiger partial charge is 0.402 e. The highest BCUT2D eigenvalue weighted by Crippen LogP contribution is 2.38. The van der Waals surface area contributed by atoms with E-state index < -0.39 is 17.8 Å². The Bertz CT molecular complexity index is 1440. The Morgan fingerprint density at radius 2 is 2.00 bits per heavy atom. The second-order valence-corrected chi connectivity index (χ2v) is 7.54. The second kappa shape index (κ2) is 7.15. The van der Waals surface area contributed by atoms with Gasteiger partial charge in [-0.15, -0.1) is 5.10 Å². The average Bonchev–Trinajstić information content (AvgIpc) is 3.56. The molecule has 9 nitrogen and oxygen atoms in total. The summed E-state index contributed by atoms with van der Waals surface area (Å²) in [6.45, 7) is 0.476. The van der Waals surface area contributed by atoms with E-state index in [0.29, 0.717) is 30.0 Å². The third-order valence-electron chi connectivity index (χ3n) is 5.58. The Hall–Kier alpha value is -4.22. The second-order valence-electron chi connectivity index (χ2n) is 7.54. The van der Waals surface area contributed by atoms with E-state index in [2.05, 4.69) is 30.2 Å². The van der Waals surface area contributed by atoms with Crippen molar-refractivity contribution in [2.75, 3.05) is 11.4 Å². The molecule has 0 aliphatic carbocycles. The minimum atomic E-state index is -4.51. The standard InChI is InChI=1S/C21H15F3N8O/c22-21(23,24)12-4-3-8-32-16(12)10-15(30-32)18-17-13(26-11-27-17)6-9-31(18)20-29-28-19(33-20)14-5-1-2-7-25-14/h1-5,7-8,10-11,18H,6,9H2,(H,26,27). The molecule has 1 unspecified atom stereocenters. The number of aromatic amines is 1. The van der Waals surface area contributed by atoms with Crippen molar-refractivity contribution in [1.29, 1.82) is 0 Å². The number of H-pyrrole nitrogens is 1. The van der Waals surface area contributed by atoms with Crippen molar-refractivity contribution in [3.8, 4) is 11.6 Å². The monoisotopic (exact) mass is 452 g/mol. The molecule has 0 fully saturated rings. The van der Waals surface area contributed by atoms with E-state index in [0.717, 1.165) is 11.8 Å². The van der Waals surface area contributed by atoms with Gasteiger partial charge in [-0.3, -0.25) is 4.98 Å². The third kappa shape index (κ3) is 3.22. The van der Waals surface area contributed by atoms with Crippen LogP contribution in [0.4, 0.5) is 19.2 Å². The van der Waals surface area contributed by atoms with Crippen LogP contribution in [0.25, 0.3) is 17.1 Å². The van der Waals surface area contributed by atoms with E-state index in [4.69, 9.17) is 4.42 Å². The molecule has 0 spiro atoms. The van der Waals surface area contributed by atoms with Crippen LogP contribution in [0, 0.1) is 0 Å².